The molecule has 1 aliphatic heterocycles. The second kappa shape index (κ2) is 4.11. The Kier molecular flexibility index (Phi) is 3.33. The first-order valence-electron chi connectivity index (χ1n) is 4.09. The summed E-state index contributed by atoms with van der Waals surface area (Å²) in [5, 5.41) is 9.62. The van der Waals surface area contributed by atoms with Crippen LogP contribution in [0.15, 0.2) is 0 Å². The molecule has 0 spiro atoms. The lowest BCUT2D eigenvalue weighted by Gasteiger charge is -2.37. The Balaban J connectivity index is 2.72. The Bertz CT molecular complexity index is 237. The zero-order valence-electron chi connectivity index (χ0n) is 7.43. The molecule has 2 radical (unpaired) electrons. The summed E-state index contributed by atoms with van der Waals surface area (Å²) in [5.41, 5.74) is 0. The smallest absolute Gasteiger partial charge is 0.411 e. The molecule has 0 aromatic heterocycles. The maximum atomic E-state index is 10.9. The van der Waals surface area contributed by atoms with Crippen molar-refractivity contribution in [3.05, 3.63) is 0 Å². The molecule has 1 amide bonds. The number of hydrogen-bond acceptors (Lipinski definition) is 3. The van der Waals surface area contributed by atoms with Gasteiger partial charge in [-0.15, -0.1) is 0 Å². The molecule has 1 aliphatic rings. The molecule has 0 aliphatic carbocycles. The van der Waals surface area contributed by atoms with Gasteiger partial charge in [-0.1, -0.05) is 0 Å². The van der Waals surface area contributed by atoms with Crippen molar-refractivity contribution in [1.82, 2.24) is 9.71 Å². The number of amides is 1. The summed E-state index contributed by atoms with van der Waals surface area (Å²) in [6.45, 7) is 2.81. The van der Waals surface area contributed by atoms with Crippen molar-refractivity contribution in [3.8, 4) is 0 Å². The zero-order chi connectivity index (χ0) is 10.0. The van der Waals surface area contributed by atoms with Crippen molar-refractivity contribution in [2.75, 3.05) is 13.1 Å². The molecule has 1 saturated heterocycles. The first-order chi connectivity index (χ1) is 6.04. The number of carbonyl (C=O) groups is 1. The number of nitrogens with zero attached hydrogens (tertiary/aromatic N) is 2. The SMILES string of the molecule is [B]C(=O)N1CCCN(B(C)O)C1=S. The monoisotopic (exact) mass is 196 g/mol. The van der Waals surface area contributed by atoms with Crippen LogP contribution in [-0.2, 0) is 0 Å². The predicted octanol–water partition coefficient (Wildman–Crippen LogP) is -0.322. The molecule has 0 aromatic rings. The first kappa shape index (κ1) is 10.5. The quantitative estimate of drug-likeness (QED) is 0.460. The van der Waals surface area contributed by atoms with E-state index < -0.39 is 12.9 Å². The summed E-state index contributed by atoms with van der Waals surface area (Å²) >= 11 is 4.99. The zero-order valence-corrected chi connectivity index (χ0v) is 8.25. The van der Waals surface area contributed by atoms with Crippen molar-refractivity contribution in [3.63, 3.8) is 0 Å². The van der Waals surface area contributed by atoms with E-state index in [9.17, 15) is 9.82 Å². The standard InChI is InChI=1S/C6H10B2N2O2S/c1-8(12)10-4-2-3-9(5(7)11)6(10)13/h12H,2-4H2,1H3. The predicted molar refractivity (Wildman–Crippen MR) is 55.6 cm³/mol. The minimum atomic E-state index is -0.672. The highest BCUT2D eigenvalue weighted by atomic mass is 32.1. The van der Waals surface area contributed by atoms with Crippen LogP contribution < -0.4 is 0 Å². The maximum absolute atomic E-state index is 10.9. The average molecular weight is 196 g/mol. The Morgan fingerprint density at radius 3 is 2.77 bits per heavy atom. The third-order valence-electron chi connectivity index (χ3n) is 1.97. The molecule has 0 atom stereocenters. The topological polar surface area (TPSA) is 43.8 Å². The lowest BCUT2D eigenvalue weighted by molar-refractivity contribution is 0.234. The van der Waals surface area contributed by atoms with Gasteiger partial charge >= 0.3 is 7.05 Å². The first-order valence-corrected chi connectivity index (χ1v) is 4.50. The van der Waals surface area contributed by atoms with Gasteiger partial charge in [0.1, 0.15) is 0 Å². The van der Waals surface area contributed by atoms with Gasteiger partial charge < -0.3 is 14.7 Å². The highest BCUT2D eigenvalue weighted by Crippen LogP contribution is 2.10. The normalized spacial score (nSPS) is 17.5. The van der Waals surface area contributed by atoms with Crippen molar-refractivity contribution in [2.24, 2.45) is 0 Å². The largest absolute Gasteiger partial charge is 0.432 e. The van der Waals surface area contributed by atoms with E-state index in [4.69, 9.17) is 20.1 Å². The Hall–Kier alpha value is -0.550. The van der Waals surface area contributed by atoms with E-state index in [0.717, 1.165) is 6.42 Å². The highest BCUT2D eigenvalue weighted by molar-refractivity contribution is 7.80. The van der Waals surface area contributed by atoms with Gasteiger partial charge in [0.2, 0.25) is 7.85 Å². The summed E-state index contributed by atoms with van der Waals surface area (Å²) in [5.74, 6) is -0.560. The molecular formula is C6H10B2N2O2S. The van der Waals surface area contributed by atoms with Crippen molar-refractivity contribution >= 4 is 38.0 Å². The third kappa shape index (κ3) is 2.22. The molecule has 4 nitrogen and oxygen atoms in total. The summed E-state index contributed by atoms with van der Waals surface area (Å²) < 4.78 is 0. The van der Waals surface area contributed by atoms with Crippen LogP contribution >= 0.6 is 12.2 Å². The van der Waals surface area contributed by atoms with Gasteiger partial charge in [-0.3, -0.25) is 4.79 Å². The fourth-order valence-electron chi connectivity index (χ4n) is 1.30. The van der Waals surface area contributed by atoms with E-state index >= 15 is 0 Å². The molecule has 0 bridgehead atoms. The molecule has 1 fully saturated rings. The van der Waals surface area contributed by atoms with Crippen LogP contribution in [0.2, 0.25) is 6.82 Å². The summed E-state index contributed by atoms with van der Waals surface area (Å²) in [7, 11) is 4.44. The summed E-state index contributed by atoms with van der Waals surface area (Å²) in [4.78, 5) is 13.8. The van der Waals surface area contributed by atoms with E-state index in [1.807, 2.05) is 0 Å². The van der Waals surface area contributed by atoms with Gasteiger partial charge in [0, 0.05) is 13.1 Å². The fraction of sp³-hybridized carbons (Fsp3) is 0.667. The summed E-state index contributed by atoms with van der Waals surface area (Å²) in [6.07, 6.45) is 0.772. The van der Waals surface area contributed by atoms with Gasteiger partial charge in [0.25, 0.3) is 0 Å². The third-order valence-corrected chi connectivity index (χ3v) is 2.43. The van der Waals surface area contributed by atoms with Crippen LogP contribution in [0.3, 0.4) is 0 Å². The van der Waals surface area contributed by atoms with Gasteiger partial charge in [-0.05, 0) is 25.5 Å². The molecule has 0 aromatic carbocycles. The second-order valence-corrected chi connectivity index (χ2v) is 3.32. The molecular weight excluding hydrogens is 186 g/mol. The molecule has 0 saturated carbocycles. The second-order valence-electron chi connectivity index (χ2n) is 2.95. The van der Waals surface area contributed by atoms with Gasteiger partial charge in [0.05, 0.1) is 0 Å². The van der Waals surface area contributed by atoms with Crippen LogP contribution in [0.1, 0.15) is 6.42 Å². The van der Waals surface area contributed by atoms with Gasteiger partial charge in [-0.25, -0.2) is 0 Å². The number of rotatable bonds is 1. The fourth-order valence-corrected chi connectivity index (χ4v) is 1.72. The van der Waals surface area contributed by atoms with Gasteiger partial charge in [-0.2, -0.15) is 0 Å². The molecule has 68 valence electrons. The summed E-state index contributed by atoms with van der Waals surface area (Å²) in [6, 6.07) is 0. The van der Waals surface area contributed by atoms with Gasteiger partial charge in [0.15, 0.2) is 10.9 Å². The van der Waals surface area contributed by atoms with E-state index in [0.29, 0.717) is 18.2 Å². The molecule has 7 heteroatoms. The number of carbonyl (C=O) groups excluding carboxylic acids is 1. The Labute approximate surface area is 84.4 Å². The number of thiocarbonyl (C=S) groups is 1. The van der Waals surface area contributed by atoms with E-state index in [1.165, 1.54) is 4.90 Å². The lowest BCUT2D eigenvalue weighted by atomic mass is 9.84. The molecule has 1 rings (SSSR count). The minimum absolute atomic E-state index is 0.314. The van der Waals surface area contributed by atoms with Crippen LogP contribution in [0.5, 0.6) is 0 Å². The van der Waals surface area contributed by atoms with E-state index in [1.54, 1.807) is 11.6 Å². The minimum Gasteiger partial charge on any atom is -0.432 e. The highest BCUT2D eigenvalue weighted by Gasteiger charge is 2.28. The Morgan fingerprint density at radius 2 is 2.31 bits per heavy atom. The lowest BCUT2D eigenvalue weighted by Crippen LogP contribution is -2.55. The van der Waals surface area contributed by atoms with Crippen LogP contribution in [0.25, 0.3) is 0 Å². The number of hydrogen-bond donors (Lipinski definition) is 1. The molecule has 0 unspecified atom stereocenters. The van der Waals surface area contributed by atoms with Crippen LogP contribution in [0, 0.1) is 0 Å². The van der Waals surface area contributed by atoms with Crippen molar-refractivity contribution in [1.29, 1.82) is 0 Å². The molecule has 13 heavy (non-hydrogen) atoms. The van der Waals surface area contributed by atoms with Crippen LogP contribution in [0.4, 0.5) is 4.79 Å². The Morgan fingerprint density at radius 1 is 1.69 bits per heavy atom. The average Bonchev–Trinajstić information content (AvgIpc) is 2.03. The van der Waals surface area contributed by atoms with E-state index in [2.05, 4.69) is 0 Å². The molecule has 1 N–H and O–H groups in total. The van der Waals surface area contributed by atoms with Crippen molar-refractivity contribution in [2.45, 2.75) is 13.2 Å². The van der Waals surface area contributed by atoms with E-state index in [-0.39, 0.29) is 0 Å². The van der Waals surface area contributed by atoms with Crippen molar-refractivity contribution < 1.29 is 9.82 Å². The molecule has 1 heterocycles. The maximum Gasteiger partial charge on any atom is 0.411 e. The van der Waals surface area contributed by atoms with Crippen LogP contribution in [-0.4, -0.2) is 53.6 Å².